The lowest BCUT2D eigenvalue weighted by molar-refractivity contribution is -0.146. The van der Waals surface area contributed by atoms with Gasteiger partial charge in [0, 0.05) is 12.6 Å². The van der Waals surface area contributed by atoms with Crippen molar-refractivity contribution in [2.24, 2.45) is 5.92 Å². The van der Waals surface area contributed by atoms with Crippen LogP contribution in [0.1, 0.15) is 12.8 Å². The van der Waals surface area contributed by atoms with E-state index in [0.717, 1.165) is 25.9 Å². The third-order valence-electron chi connectivity index (χ3n) is 3.12. The maximum absolute atomic E-state index is 11.3. The van der Waals surface area contributed by atoms with Crippen molar-refractivity contribution in [3.8, 4) is 0 Å². The molecule has 13 heavy (non-hydrogen) atoms. The van der Waals surface area contributed by atoms with Crippen LogP contribution in [0, 0.1) is 5.92 Å². The van der Waals surface area contributed by atoms with E-state index in [9.17, 15) is 9.90 Å². The lowest BCUT2D eigenvalue weighted by atomic mass is 9.98. The van der Waals surface area contributed by atoms with Crippen LogP contribution in [-0.2, 0) is 9.53 Å². The summed E-state index contributed by atoms with van der Waals surface area (Å²) >= 11 is 0. The van der Waals surface area contributed by atoms with Gasteiger partial charge >= 0.3 is 5.97 Å². The molecular formula is C9H15NO3. The molecule has 0 aromatic rings. The van der Waals surface area contributed by atoms with Gasteiger partial charge in [-0.3, -0.25) is 9.69 Å². The maximum Gasteiger partial charge on any atom is 0.310 e. The first-order chi connectivity index (χ1) is 6.22. The topological polar surface area (TPSA) is 49.8 Å². The average Bonchev–Trinajstić information content (AvgIpc) is 2.61. The smallest absolute Gasteiger partial charge is 0.310 e. The lowest BCUT2D eigenvalue weighted by Crippen LogP contribution is -2.30. The highest BCUT2D eigenvalue weighted by molar-refractivity contribution is 5.73. The molecule has 0 aliphatic carbocycles. The standard InChI is InChI=1S/C9H15NO3/c1-13-9(12)7-2-3-10-5-6(11)4-8(7)10/h6-8,11H,2-5H2,1H3/t6-,7-,8-/m1/s1. The Balaban J connectivity index is 2.04. The molecule has 2 saturated heterocycles. The van der Waals surface area contributed by atoms with E-state index in [-0.39, 0.29) is 24.0 Å². The van der Waals surface area contributed by atoms with Crippen LogP contribution >= 0.6 is 0 Å². The summed E-state index contributed by atoms with van der Waals surface area (Å²) in [6.07, 6.45) is 1.35. The molecule has 0 spiro atoms. The highest BCUT2D eigenvalue weighted by Gasteiger charge is 2.44. The van der Waals surface area contributed by atoms with Crippen molar-refractivity contribution in [2.45, 2.75) is 25.0 Å². The number of fused-ring (bicyclic) bond motifs is 1. The first kappa shape index (κ1) is 8.97. The number of methoxy groups -OCH3 is 1. The predicted molar refractivity (Wildman–Crippen MR) is 46.1 cm³/mol. The molecule has 2 rings (SSSR count). The Morgan fingerprint density at radius 3 is 3.08 bits per heavy atom. The fourth-order valence-electron chi connectivity index (χ4n) is 2.51. The second-order valence-corrected chi connectivity index (χ2v) is 3.87. The fourth-order valence-corrected chi connectivity index (χ4v) is 2.51. The van der Waals surface area contributed by atoms with Crippen LogP contribution in [-0.4, -0.2) is 48.3 Å². The Morgan fingerprint density at radius 2 is 2.38 bits per heavy atom. The van der Waals surface area contributed by atoms with Gasteiger partial charge in [-0.25, -0.2) is 0 Å². The monoisotopic (exact) mass is 185 g/mol. The van der Waals surface area contributed by atoms with Crippen LogP contribution in [0.4, 0.5) is 0 Å². The van der Waals surface area contributed by atoms with Gasteiger partial charge in [0.1, 0.15) is 0 Å². The molecular weight excluding hydrogens is 170 g/mol. The Hall–Kier alpha value is -0.610. The molecule has 0 unspecified atom stereocenters. The Morgan fingerprint density at radius 1 is 1.62 bits per heavy atom. The minimum atomic E-state index is -0.252. The Labute approximate surface area is 77.5 Å². The molecule has 2 aliphatic rings. The molecule has 3 atom stereocenters. The molecule has 4 heteroatoms. The molecule has 0 aromatic carbocycles. The van der Waals surface area contributed by atoms with Gasteiger partial charge in [-0.15, -0.1) is 0 Å². The summed E-state index contributed by atoms with van der Waals surface area (Å²) in [6, 6.07) is 0.224. The number of rotatable bonds is 1. The van der Waals surface area contributed by atoms with Gasteiger partial charge in [-0.05, 0) is 19.4 Å². The number of aliphatic hydroxyl groups excluding tert-OH is 1. The number of carbonyl (C=O) groups excluding carboxylic acids is 1. The van der Waals surface area contributed by atoms with Crippen LogP contribution in [0.3, 0.4) is 0 Å². The van der Waals surface area contributed by atoms with E-state index in [1.807, 2.05) is 0 Å². The fraction of sp³-hybridized carbons (Fsp3) is 0.889. The Bertz CT molecular complexity index is 219. The maximum atomic E-state index is 11.3. The molecule has 1 N–H and O–H groups in total. The number of carbonyl (C=O) groups is 1. The summed E-state index contributed by atoms with van der Waals surface area (Å²) in [4.78, 5) is 13.5. The second-order valence-electron chi connectivity index (χ2n) is 3.87. The van der Waals surface area contributed by atoms with Crippen molar-refractivity contribution >= 4 is 5.97 Å². The molecule has 2 fully saturated rings. The largest absolute Gasteiger partial charge is 0.469 e. The normalized spacial score (nSPS) is 39.1. The van der Waals surface area contributed by atoms with Crippen LogP contribution in [0.25, 0.3) is 0 Å². The average molecular weight is 185 g/mol. The van der Waals surface area contributed by atoms with Crippen molar-refractivity contribution in [3.63, 3.8) is 0 Å². The van der Waals surface area contributed by atoms with Gasteiger partial charge in [-0.1, -0.05) is 0 Å². The van der Waals surface area contributed by atoms with Crippen molar-refractivity contribution in [2.75, 3.05) is 20.2 Å². The molecule has 0 bridgehead atoms. The van der Waals surface area contributed by atoms with Crippen LogP contribution in [0.2, 0.25) is 0 Å². The molecule has 0 amide bonds. The predicted octanol–water partition coefficient (Wildman–Crippen LogP) is -0.386. The zero-order chi connectivity index (χ0) is 9.42. The number of hydrogen-bond donors (Lipinski definition) is 1. The molecule has 0 radical (unpaired) electrons. The molecule has 2 aliphatic heterocycles. The van der Waals surface area contributed by atoms with Gasteiger partial charge in [0.05, 0.1) is 19.1 Å². The van der Waals surface area contributed by atoms with Gasteiger partial charge in [0.25, 0.3) is 0 Å². The third-order valence-corrected chi connectivity index (χ3v) is 3.12. The summed E-state index contributed by atoms with van der Waals surface area (Å²) in [5.74, 6) is -0.135. The van der Waals surface area contributed by atoms with Gasteiger partial charge in [0.15, 0.2) is 0 Å². The first-order valence-corrected chi connectivity index (χ1v) is 4.72. The minimum Gasteiger partial charge on any atom is -0.469 e. The quantitative estimate of drug-likeness (QED) is 0.565. The molecule has 0 saturated carbocycles. The molecule has 74 valence electrons. The third kappa shape index (κ3) is 1.44. The van der Waals surface area contributed by atoms with Gasteiger partial charge in [0.2, 0.25) is 0 Å². The number of ether oxygens (including phenoxy) is 1. The molecule has 2 heterocycles. The second kappa shape index (κ2) is 3.27. The summed E-state index contributed by atoms with van der Waals surface area (Å²) < 4.78 is 4.73. The number of aliphatic hydroxyl groups is 1. The first-order valence-electron chi connectivity index (χ1n) is 4.72. The van der Waals surface area contributed by atoms with Crippen molar-refractivity contribution < 1.29 is 14.6 Å². The highest BCUT2D eigenvalue weighted by atomic mass is 16.5. The SMILES string of the molecule is COC(=O)[C@@H]1CCN2C[C@H](O)C[C@H]12. The van der Waals surface area contributed by atoms with Crippen LogP contribution in [0.15, 0.2) is 0 Å². The number of nitrogens with zero attached hydrogens (tertiary/aromatic N) is 1. The number of hydrogen-bond acceptors (Lipinski definition) is 4. The summed E-state index contributed by atoms with van der Waals surface area (Å²) in [5, 5.41) is 9.41. The highest BCUT2D eigenvalue weighted by Crippen LogP contribution is 2.33. The van der Waals surface area contributed by atoms with E-state index < -0.39 is 0 Å². The van der Waals surface area contributed by atoms with E-state index in [2.05, 4.69) is 4.90 Å². The molecule has 4 nitrogen and oxygen atoms in total. The summed E-state index contributed by atoms with van der Waals surface area (Å²) in [6.45, 7) is 1.64. The van der Waals surface area contributed by atoms with Gasteiger partial charge in [-0.2, -0.15) is 0 Å². The van der Waals surface area contributed by atoms with Crippen molar-refractivity contribution in [1.29, 1.82) is 0 Å². The van der Waals surface area contributed by atoms with E-state index in [0.29, 0.717) is 0 Å². The zero-order valence-corrected chi connectivity index (χ0v) is 7.77. The van der Waals surface area contributed by atoms with E-state index in [1.165, 1.54) is 7.11 Å². The number of esters is 1. The lowest BCUT2D eigenvalue weighted by Gasteiger charge is -2.17. The summed E-state index contributed by atoms with van der Waals surface area (Å²) in [5.41, 5.74) is 0. The van der Waals surface area contributed by atoms with Crippen molar-refractivity contribution in [3.05, 3.63) is 0 Å². The van der Waals surface area contributed by atoms with Crippen LogP contribution < -0.4 is 0 Å². The summed E-state index contributed by atoms with van der Waals surface area (Å²) in [7, 11) is 1.43. The van der Waals surface area contributed by atoms with Crippen LogP contribution in [0.5, 0.6) is 0 Å². The van der Waals surface area contributed by atoms with E-state index in [1.54, 1.807) is 0 Å². The Kier molecular flexibility index (Phi) is 2.26. The van der Waals surface area contributed by atoms with E-state index in [4.69, 9.17) is 4.74 Å². The van der Waals surface area contributed by atoms with Crippen molar-refractivity contribution in [1.82, 2.24) is 4.90 Å². The minimum absolute atomic E-state index is 0.0119. The zero-order valence-electron chi connectivity index (χ0n) is 7.77. The van der Waals surface area contributed by atoms with Gasteiger partial charge < -0.3 is 9.84 Å². The van der Waals surface area contributed by atoms with E-state index >= 15 is 0 Å². The molecule has 0 aromatic heterocycles.